The number of nitrogens with one attached hydrogen (secondary N) is 3. The van der Waals surface area contributed by atoms with Crippen molar-refractivity contribution in [2.75, 3.05) is 13.2 Å². The molecule has 34 heavy (non-hydrogen) atoms. The van der Waals surface area contributed by atoms with Crippen molar-refractivity contribution in [3.05, 3.63) is 71.4 Å². The number of nitriles is 1. The van der Waals surface area contributed by atoms with Crippen molar-refractivity contribution in [3.63, 3.8) is 0 Å². The van der Waals surface area contributed by atoms with Gasteiger partial charge in [0.1, 0.15) is 29.1 Å². The van der Waals surface area contributed by atoms with Crippen LogP contribution in [-0.2, 0) is 14.4 Å². The summed E-state index contributed by atoms with van der Waals surface area (Å²) in [6.45, 7) is 0.0216. The minimum Gasteiger partial charge on any atom is -0.484 e. The van der Waals surface area contributed by atoms with Gasteiger partial charge in [0.2, 0.25) is 5.91 Å². The molecule has 3 N–H and O–H groups in total. The number of hydrogen-bond acceptors (Lipinski definition) is 5. The molecule has 0 aromatic heterocycles. The lowest BCUT2D eigenvalue weighted by Crippen LogP contribution is -2.42. The molecule has 2 atom stereocenters. The molecule has 2 aromatic carbocycles. The van der Waals surface area contributed by atoms with E-state index in [2.05, 4.69) is 16.0 Å². The summed E-state index contributed by atoms with van der Waals surface area (Å²) >= 11 is 0. The molecule has 0 spiro atoms. The van der Waals surface area contributed by atoms with Gasteiger partial charge >= 0.3 is 0 Å². The topological polar surface area (TPSA) is 120 Å². The quantitative estimate of drug-likeness (QED) is 0.487. The predicted octanol–water partition coefficient (Wildman–Crippen LogP) is 2.04. The number of carbonyl (C=O) groups excluding carboxylic acids is 3. The van der Waals surface area contributed by atoms with Gasteiger partial charge in [0.15, 0.2) is 6.61 Å². The summed E-state index contributed by atoms with van der Waals surface area (Å²) in [6, 6.07) is 11.3. The van der Waals surface area contributed by atoms with E-state index in [-0.39, 0.29) is 23.8 Å². The van der Waals surface area contributed by atoms with E-state index in [0.717, 1.165) is 0 Å². The zero-order valence-electron chi connectivity index (χ0n) is 18.0. The summed E-state index contributed by atoms with van der Waals surface area (Å²) in [6.07, 6.45) is 1.92. The van der Waals surface area contributed by atoms with Gasteiger partial charge in [-0.1, -0.05) is 12.1 Å². The smallest absolute Gasteiger partial charge is 0.268 e. The summed E-state index contributed by atoms with van der Waals surface area (Å²) in [5, 5.41) is 17.0. The molecule has 3 amide bonds. The third-order valence-corrected chi connectivity index (χ3v) is 5.01. The highest BCUT2D eigenvalue weighted by Crippen LogP contribution is 2.16. The van der Waals surface area contributed by atoms with E-state index in [1.165, 1.54) is 54.6 Å². The molecule has 2 aromatic rings. The van der Waals surface area contributed by atoms with Crippen molar-refractivity contribution in [1.82, 2.24) is 16.0 Å². The fourth-order valence-corrected chi connectivity index (χ4v) is 3.32. The van der Waals surface area contributed by atoms with Crippen molar-refractivity contribution in [1.29, 1.82) is 5.26 Å². The molecule has 0 unspecified atom stereocenters. The number of nitrogens with zero attached hydrogens (tertiary/aromatic N) is 1. The van der Waals surface area contributed by atoms with Crippen molar-refractivity contribution < 1.29 is 27.9 Å². The summed E-state index contributed by atoms with van der Waals surface area (Å²) in [7, 11) is 0. The van der Waals surface area contributed by atoms with Gasteiger partial charge in [0.05, 0.1) is 6.07 Å². The lowest BCUT2D eigenvalue weighted by atomic mass is 9.99. The molecule has 176 valence electrons. The Kier molecular flexibility index (Phi) is 8.29. The van der Waals surface area contributed by atoms with Crippen LogP contribution in [-0.4, -0.2) is 36.9 Å². The van der Waals surface area contributed by atoms with Crippen LogP contribution in [0.3, 0.4) is 0 Å². The number of benzene rings is 2. The average molecular weight is 468 g/mol. The first-order valence-electron chi connectivity index (χ1n) is 10.5. The van der Waals surface area contributed by atoms with E-state index >= 15 is 0 Å². The zero-order valence-corrected chi connectivity index (χ0v) is 18.0. The van der Waals surface area contributed by atoms with Crippen molar-refractivity contribution in [2.45, 2.75) is 18.9 Å². The average Bonchev–Trinajstić information content (AvgIpc) is 3.22. The molecule has 8 nitrogen and oxygen atoms in total. The summed E-state index contributed by atoms with van der Waals surface area (Å²) < 4.78 is 31.9. The third kappa shape index (κ3) is 7.13. The number of ether oxygens (including phenoxy) is 1. The molecular weight excluding hydrogens is 446 g/mol. The molecule has 1 heterocycles. The van der Waals surface area contributed by atoms with Crippen LogP contribution in [0.15, 0.2) is 54.2 Å². The van der Waals surface area contributed by atoms with Gasteiger partial charge in [-0.05, 0) is 60.9 Å². The molecule has 3 rings (SSSR count). The molecule has 1 fully saturated rings. The van der Waals surface area contributed by atoms with Crippen LogP contribution in [0.5, 0.6) is 5.75 Å². The van der Waals surface area contributed by atoms with Gasteiger partial charge in [0, 0.05) is 12.5 Å². The Hall–Kier alpha value is -4.26. The second-order valence-electron chi connectivity index (χ2n) is 7.57. The Bertz CT molecular complexity index is 1130. The first kappa shape index (κ1) is 24.4. The van der Waals surface area contributed by atoms with Crippen LogP contribution in [0.25, 0.3) is 6.08 Å². The van der Waals surface area contributed by atoms with E-state index < -0.39 is 42.0 Å². The van der Waals surface area contributed by atoms with Crippen molar-refractivity contribution in [3.8, 4) is 11.8 Å². The van der Waals surface area contributed by atoms with Gasteiger partial charge in [-0.25, -0.2) is 8.78 Å². The molecular formula is C24H22F2N4O4. The largest absolute Gasteiger partial charge is 0.484 e. The van der Waals surface area contributed by atoms with Gasteiger partial charge in [0.25, 0.3) is 11.8 Å². The van der Waals surface area contributed by atoms with Crippen molar-refractivity contribution >= 4 is 23.8 Å². The standard InChI is InChI=1S/C24H22F2N4O4/c25-17-4-6-20(7-5-17)34-14-22(31)30-21(11-15-2-1-3-18(26)10-15)24(33)29-19(13-27)12-16-8-9-28-23(16)32/h1-7,10-11,16,19H,8-9,12,14H2,(H,28,32)(H,29,33)(H,30,31)/t16-,19-/m0/s1. The number of carbonyl (C=O) groups is 3. The van der Waals surface area contributed by atoms with Crippen LogP contribution >= 0.6 is 0 Å². The molecule has 0 aliphatic carbocycles. The van der Waals surface area contributed by atoms with E-state index in [1.54, 1.807) is 0 Å². The normalized spacial score (nSPS) is 16.2. The lowest BCUT2D eigenvalue weighted by Gasteiger charge is -2.16. The summed E-state index contributed by atoms with van der Waals surface area (Å²) in [5.74, 6) is -2.83. The minimum atomic E-state index is -0.982. The Morgan fingerprint density at radius 3 is 2.62 bits per heavy atom. The fraction of sp³-hybridized carbons (Fsp3) is 0.250. The van der Waals surface area contributed by atoms with Crippen molar-refractivity contribution in [2.24, 2.45) is 5.92 Å². The number of halogens is 2. The molecule has 1 aliphatic rings. The molecule has 10 heteroatoms. The zero-order chi connectivity index (χ0) is 24.5. The van der Waals surface area contributed by atoms with E-state index in [9.17, 15) is 28.4 Å². The van der Waals surface area contributed by atoms with Crippen LogP contribution in [0.1, 0.15) is 18.4 Å². The number of amides is 3. The molecule has 1 saturated heterocycles. The van der Waals surface area contributed by atoms with Gasteiger partial charge < -0.3 is 20.7 Å². The van der Waals surface area contributed by atoms with Crippen LogP contribution in [0.2, 0.25) is 0 Å². The molecule has 0 radical (unpaired) electrons. The number of rotatable bonds is 9. The maximum Gasteiger partial charge on any atom is 0.268 e. The highest BCUT2D eigenvalue weighted by molar-refractivity contribution is 6.01. The fourth-order valence-electron chi connectivity index (χ4n) is 3.32. The van der Waals surface area contributed by atoms with Crippen LogP contribution in [0.4, 0.5) is 8.78 Å². The summed E-state index contributed by atoms with van der Waals surface area (Å²) in [5.41, 5.74) is 0.0583. The van der Waals surface area contributed by atoms with Gasteiger partial charge in [-0.3, -0.25) is 14.4 Å². The molecule has 0 saturated carbocycles. The summed E-state index contributed by atoms with van der Waals surface area (Å²) in [4.78, 5) is 37.1. The first-order chi connectivity index (χ1) is 16.3. The van der Waals surface area contributed by atoms with Gasteiger partial charge in [-0.2, -0.15) is 5.26 Å². The monoisotopic (exact) mass is 468 g/mol. The Morgan fingerprint density at radius 1 is 1.21 bits per heavy atom. The van der Waals surface area contributed by atoms with Gasteiger partial charge in [-0.15, -0.1) is 0 Å². The van der Waals surface area contributed by atoms with Crippen LogP contribution in [0, 0.1) is 28.9 Å². The maximum atomic E-state index is 13.6. The SMILES string of the molecule is N#C[C@H](C[C@@H]1CCNC1=O)NC(=O)C(=Cc1cccc(F)c1)NC(=O)COc1ccc(F)cc1. The van der Waals surface area contributed by atoms with Crippen LogP contribution < -0.4 is 20.7 Å². The maximum absolute atomic E-state index is 13.6. The molecule has 1 aliphatic heterocycles. The lowest BCUT2D eigenvalue weighted by molar-refractivity contribution is -0.125. The predicted molar refractivity (Wildman–Crippen MR) is 118 cm³/mol. The minimum absolute atomic E-state index is 0.114. The second-order valence-corrected chi connectivity index (χ2v) is 7.57. The highest BCUT2D eigenvalue weighted by Gasteiger charge is 2.28. The Morgan fingerprint density at radius 2 is 1.97 bits per heavy atom. The third-order valence-electron chi connectivity index (χ3n) is 5.01. The Labute approximate surface area is 194 Å². The van der Waals surface area contributed by atoms with E-state index in [0.29, 0.717) is 18.5 Å². The van der Waals surface area contributed by atoms with E-state index in [1.807, 2.05) is 6.07 Å². The van der Waals surface area contributed by atoms with E-state index in [4.69, 9.17) is 4.74 Å². The Balaban J connectivity index is 1.71. The molecule has 0 bridgehead atoms. The second kappa shape index (κ2) is 11.6. The number of hydrogen-bond donors (Lipinski definition) is 3. The highest BCUT2D eigenvalue weighted by atomic mass is 19.1. The first-order valence-corrected chi connectivity index (χ1v) is 10.5.